The van der Waals surface area contributed by atoms with Gasteiger partial charge in [-0.3, -0.25) is 14.3 Å². The molecule has 5 aromatic rings. The second kappa shape index (κ2) is 8.51. The number of fused-ring (bicyclic) bond motifs is 1. The van der Waals surface area contributed by atoms with Crippen LogP contribution in [0.4, 0.5) is 4.39 Å². The largest absolute Gasteiger partial charge is 0.496 e. The number of thiazole rings is 1. The van der Waals surface area contributed by atoms with Crippen molar-refractivity contribution in [1.29, 1.82) is 0 Å². The van der Waals surface area contributed by atoms with Crippen LogP contribution in [-0.2, 0) is 6.54 Å². The van der Waals surface area contributed by atoms with Gasteiger partial charge < -0.3 is 10.1 Å². The molecule has 0 fully saturated rings. The molecule has 9 heteroatoms. The molecule has 0 aliphatic carbocycles. The summed E-state index contributed by atoms with van der Waals surface area (Å²) in [5, 5.41) is 10.00. The zero-order valence-corrected chi connectivity index (χ0v) is 18.7. The molecule has 0 saturated carbocycles. The number of hydrogen-bond acceptors (Lipinski definition) is 5. The van der Waals surface area contributed by atoms with Gasteiger partial charge >= 0.3 is 0 Å². The molecule has 1 amide bonds. The molecule has 3 heterocycles. The normalized spacial score (nSPS) is 11.1. The van der Waals surface area contributed by atoms with Crippen molar-refractivity contribution in [3.05, 3.63) is 82.9 Å². The molecule has 0 unspecified atom stereocenters. The van der Waals surface area contributed by atoms with E-state index in [0.717, 1.165) is 32.4 Å². The maximum atomic E-state index is 13.2. The van der Waals surface area contributed by atoms with Gasteiger partial charge in [-0.2, -0.15) is 5.10 Å². The van der Waals surface area contributed by atoms with Crippen LogP contribution < -0.4 is 10.1 Å². The molecule has 0 radical (unpaired) electrons. The molecule has 7 nitrogen and oxygen atoms in total. The molecular weight excluding hydrogens is 441 g/mol. The summed E-state index contributed by atoms with van der Waals surface area (Å²) in [7, 11) is 1.60. The van der Waals surface area contributed by atoms with E-state index in [0.29, 0.717) is 23.7 Å². The van der Waals surface area contributed by atoms with Gasteiger partial charge in [0.1, 0.15) is 17.3 Å². The van der Waals surface area contributed by atoms with Gasteiger partial charge in [0.05, 0.1) is 25.0 Å². The number of aryl methyl sites for hydroxylation is 1. The zero-order chi connectivity index (χ0) is 22.9. The number of methoxy groups -OCH3 is 1. The summed E-state index contributed by atoms with van der Waals surface area (Å²) in [5.41, 5.74) is 4.44. The van der Waals surface area contributed by atoms with E-state index in [1.807, 2.05) is 41.8 Å². The highest BCUT2D eigenvalue weighted by Gasteiger charge is 2.16. The highest BCUT2D eigenvalue weighted by atomic mass is 32.1. The molecule has 0 bridgehead atoms. The van der Waals surface area contributed by atoms with Crippen LogP contribution in [-0.4, -0.2) is 32.6 Å². The Balaban J connectivity index is 1.30. The fraction of sp³-hybridized carbons (Fsp3) is 0.125. The van der Waals surface area contributed by atoms with E-state index < -0.39 is 0 Å². The quantitative estimate of drug-likeness (QED) is 0.379. The number of aromatic nitrogens is 4. The number of nitrogens with zero attached hydrogens (tertiary/aromatic N) is 3. The van der Waals surface area contributed by atoms with Crippen LogP contribution in [0.3, 0.4) is 0 Å². The van der Waals surface area contributed by atoms with E-state index >= 15 is 0 Å². The van der Waals surface area contributed by atoms with E-state index in [-0.39, 0.29) is 11.7 Å². The standard InChI is InChI=1S/C24H20FN5O2S/c1-14-22(33-24-27-20(13-30(14)24)15-7-9-16(25)10-8-15)12-26-23(31)19-11-18(28-29-19)17-5-3-4-6-21(17)32-2/h3-11,13H,12H2,1-2H3,(H,26,31)(H,28,29). The summed E-state index contributed by atoms with van der Waals surface area (Å²) in [4.78, 5) is 19.2. The Morgan fingerprint density at radius 3 is 2.73 bits per heavy atom. The number of H-pyrrole nitrogens is 1. The Bertz CT molecular complexity index is 1450. The number of rotatable bonds is 6. The van der Waals surface area contributed by atoms with Gasteiger partial charge in [0.15, 0.2) is 4.96 Å². The van der Waals surface area contributed by atoms with Crippen LogP contribution >= 0.6 is 11.3 Å². The van der Waals surface area contributed by atoms with Crippen molar-refractivity contribution in [2.45, 2.75) is 13.5 Å². The zero-order valence-electron chi connectivity index (χ0n) is 17.9. The van der Waals surface area contributed by atoms with E-state index in [2.05, 4.69) is 20.5 Å². The number of hydrogen-bond donors (Lipinski definition) is 2. The monoisotopic (exact) mass is 461 g/mol. The first-order valence-electron chi connectivity index (χ1n) is 10.2. The van der Waals surface area contributed by atoms with Crippen molar-refractivity contribution in [3.63, 3.8) is 0 Å². The van der Waals surface area contributed by atoms with Gasteiger partial charge in [-0.15, -0.1) is 0 Å². The lowest BCUT2D eigenvalue weighted by atomic mass is 10.1. The average Bonchev–Trinajstić information content (AvgIpc) is 3.55. The highest BCUT2D eigenvalue weighted by molar-refractivity contribution is 7.17. The summed E-state index contributed by atoms with van der Waals surface area (Å²) in [5.74, 6) is 0.163. The van der Waals surface area contributed by atoms with Crippen LogP contribution in [0, 0.1) is 12.7 Å². The van der Waals surface area contributed by atoms with Crippen molar-refractivity contribution in [3.8, 4) is 28.3 Å². The minimum atomic E-state index is -0.277. The second-order valence-corrected chi connectivity index (χ2v) is 8.51. The maximum Gasteiger partial charge on any atom is 0.269 e. The molecule has 0 spiro atoms. The predicted molar refractivity (Wildman–Crippen MR) is 125 cm³/mol. The first kappa shape index (κ1) is 20.9. The highest BCUT2D eigenvalue weighted by Crippen LogP contribution is 2.29. The van der Waals surface area contributed by atoms with Crippen LogP contribution in [0.2, 0.25) is 0 Å². The summed E-state index contributed by atoms with van der Waals surface area (Å²) >= 11 is 1.51. The van der Waals surface area contributed by atoms with E-state index in [1.54, 1.807) is 25.3 Å². The summed E-state index contributed by atoms with van der Waals surface area (Å²) in [6, 6.07) is 15.5. The van der Waals surface area contributed by atoms with E-state index in [1.165, 1.54) is 23.5 Å². The number of carbonyl (C=O) groups excluding carboxylic acids is 1. The van der Waals surface area contributed by atoms with Gasteiger partial charge in [0.25, 0.3) is 5.91 Å². The second-order valence-electron chi connectivity index (χ2n) is 7.45. The average molecular weight is 462 g/mol. The van der Waals surface area contributed by atoms with Crippen molar-refractivity contribution < 1.29 is 13.9 Å². The van der Waals surface area contributed by atoms with Crippen LogP contribution in [0.15, 0.2) is 60.8 Å². The fourth-order valence-corrected chi connectivity index (χ4v) is 4.65. The third-order valence-corrected chi connectivity index (χ3v) is 6.56. The number of carbonyl (C=O) groups is 1. The molecule has 0 saturated heterocycles. The number of halogens is 1. The SMILES string of the molecule is COc1ccccc1-c1cc(C(=O)NCc2sc3nc(-c4ccc(F)cc4)cn3c2C)[nH]n1. The number of para-hydroxylation sites is 1. The number of nitrogens with one attached hydrogen (secondary N) is 2. The lowest BCUT2D eigenvalue weighted by Gasteiger charge is -2.04. The number of ether oxygens (including phenoxy) is 1. The molecule has 0 atom stereocenters. The summed E-state index contributed by atoms with van der Waals surface area (Å²) < 4.78 is 20.5. The summed E-state index contributed by atoms with van der Waals surface area (Å²) in [6.07, 6.45) is 1.92. The molecule has 3 aromatic heterocycles. The number of aromatic amines is 1. The molecule has 2 N–H and O–H groups in total. The van der Waals surface area contributed by atoms with Crippen molar-refractivity contribution in [1.82, 2.24) is 24.9 Å². The third kappa shape index (κ3) is 3.98. The Hall–Kier alpha value is -3.98. The van der Waals surface area contributed by atoms with Gasteiger partial charge in [0.2, 0.25) is 0 Å². The Kier molecular flexibility index (Phi) is 5.39. The van der Waals surface area contributed by atoms with Crippen LogP contribution in [0.25, 0.3) is 27.5 Å². The lowest BCUT2D eigenvalue weighted by Crippen LogP contribution is -2.23. The van der Waals surface area contributed by atoms with Crippen molar-refractivity contribution >= 4 is 22.2 Å². The fourth-order valence-electron chi connectivity index (χ4n) is 3.61. The molecule has 0 aliphatic rings. The van der Waals surface area contributed by atoms with Gasteiger partial charge in [-0.1, -0.05) is 23.5 Å². The topological polar surface area (TPSA) is 84.3 Å². The molecule has 5 rings (SSSR count). The first-order chi connectivity index (χ1) is 16.0. The van der Waals surface area contributed by atoms with E-state index in [9.17, 15) is 9.18 Å². The molecule has 2 aromatic carbocycles. The first-order valence-corrected chi connectivity index (χ1v) is 11.1. The number of amides is 1. The number of benzene rings is 2. The minimum Gasteiger partial charge on any atom is -0.496 e. The molecule has 166 valence electrons. The van der Waals surface area contributed by atoms with Gasteiger partial charge in [0, 0.05) is 27.9 Å². The summed E-state index contributed by atoms with van der Waals surface area (Å²) in [6.45, 7) is 2.35. The smallest absolute Gasteiger partial charge is 0.269 e. The molecular formula is C24H20FN5O2S. The molecule has 33 heavy (non-hydrogen) atoms. The Labute approximate surface area is 192 Å². The number of imidazole rings is 1. The van der Waals surface area contributed by atoms with Crippen LogP contribution in [0.1, 0.15) is 21.1 Å². The van der Waals surface area contributed by atoms with Crippen LogP contribution in [0.5, 0.6) is 5.75 Å². The van der Waals surface area contributed by atoms with Crippen molar-refractivity contribution in [2.24, 2.45) is 0 Å². The van der Waals surface area contributed by atoms with E-state index in [4.69, 9.17) is 4.74 Å². The van der Waals surface area contributed by atoms with Gasteiger partial charge in [-0.25, -0.2) is 9.37 Å². The molecule has 0 aliphatic heterocycles. The predicted octanol–water partition coefficient (Wildman–Crippen LogP) is 4.84. The Morgan fingerprint density at radius 2 is 1.97 bits per heavy atom. The Morgan fingerprint density at radius 1 is 1.18 bits per heavy atom. The minimum absolute atomic E-state index is 0.249. The van der Waals surface area contributed by atoms with Crippen molar-refractivity contribution in [2.75, 3.05) is 7.11 Å². The van der Waals surface area contributed by atoms with Gasteiger partial charge in [-0.05, 0) is 49.4 Å². The maximum absolute atomic E-state index is 13.2. The third-order valence-electron chi connectivity index (χ3n) is 5.41. The lowest BCUT2D eigenvalue weighted by molar-refractivity contribution is 0.0946.